The van der Waals surface area contributed by atoms with Crippen molar-refractivity contribution in [3.8, 4) is 50.7 Å². The Labute approximate surface area is 346 Å². The zero-order chi connectivity index (χ0) is 39.3. The van der Waals surface area contributed by atoms with E-state index in [0.717, 1.165) is 34.0 Å². The van der Waals surface area contributed by atoms with Crippen LogP contribution in [0.5, 0.6) is 0 Å². The van der Waals surface area contributed by atoms with Crippen LogP contribution in [0.25, 0.3) is 72.5 Å². The molecule has 0 N–H and O–H groups in total. The summed E-state index contributed by atoms with van der Waals surface area (Å²) in [6.45, 7) is 4.76. The molecule has 3 nitrogen and oxygen atoms in total. The van der Waals surface area contributed by atoms with Gasteiger partial charge in [-0.25, -0.2) is 0 Å². The summed E-state index contributed by atoms with van der Waals surface area (Å²) in [4.78, 5) is 11.2. The first kappa shape index (κ1) is 34.2. The van der Waals surface area contributed by atoms with Crippen molar-refractivity contribution in [3.05, 3.63) is 211 Å². The van der Waals surface area contributed by atoms with E-state index in [2.05, 4.69) is 219 Å². The number of hydrogen-bond acceptors (Lipinski definition) is 2. The fourth-order valence-electron chi connectivity index (χ4n) is 10.6. The van der Waals surface area contributed by atoms with E-state index in [0.29, 0.717) is 0 Å². The molecule has 59 heavy (non-hydrogen) atoms. The molecule has 1 aliphatic carbocycles. The van der Waals surface area contributed by atoms with Crippen LogP contribution in [-0.4, -0.2) is 27.8 Å². The molecule has 0 unspecified atom stereocenters. The quantitative estimate of drug-likeness (QED) is 0.162. The van der Waals surface area contributed by atoms with E-state index in [1.807, 2.05) is 0 Å². The van der Waals surface area contributed by atoms with Crippen LogP contribution in [0.3, 0.4) is 0 Å². The summed E-state index contributed by atoms with van der Waals surface area (Å²) in [5, 5.41) is 2.54. The molecule has 2 aromatic heterocycles. The van der Waals surface area contributed by atoms with Crippen LogP contribution < -0.4 is 17.6 Å². The third-order valence-corrected chi connectivity index (χ3v) is 23.3. The van der Waals surface area contributed by atoms with Crippen molar-refractivity contribution in [3.63, 3.8) is 0 Å². The molecule has 4 heteroatoms. The summed E-state index contributed by atoms with van der Waals surface area (Å²) >= 11 is -3.63. The minimum absolute atomic E-state index is 0.154. The number of fused-ring (bicyclic) bond motifs is 10. The van der Waals surface area contributed by atoms with Crippen LogP contribution in [0.1, 0.15) is 25.0 Å². The second-order valence-corrected chi connectivity index (χ2v) is 24.2. The molecule has 0 spiro atoms. The molecule has 10 aromatic rings. The normalized spacial score (nSPS) is 14.2. The standard InChI is InChI=1S/C55H39GeN3/c1-55(2)46-27-15-12-24-41(46)43-34-35-44-42-25-14-17-29-48(42)59(53(44)49(43)55)40-32-30-37(31-33-40)54-57-51(36-18-6-3-7-19-36)50-52(58-54)45-26-13-16-28-47(45)56(50,38-20-8-4-9-21-38)39-22-10-5-11-23-39/h3-35H,1-2H3. The van der Waals surface area contributed by atoms with Crippen LogP contribution >= 0.6 is 0 Å². The zero-order valence-electron chi connectivity index (χ0n) is 32.9. The molecule has 8 aromatic carbocycles. The molecule has 0 radical (unpaired) electrons. The number of hydrogen-bond donors (Lipinski definition) is 0. The maximum absolute atomic E-state index is 5.62. The van der Waals surface area contributed by atoms with Gasteiger partial charge in [0.15, 0.2) is 0 Å². The van der Waals surface area contributed by atoms with Gasteiger partial charge in [0.25, 0.3) is 0 Å². The van der Waals surface area contributed by atoms with Gasteiger partial charge in [-0.05, 0) is 11.1 Å². The molecule has 12 rings (SSSR count). The van der Waals surface area contributed by atoms with Crippen LogP contribution in [-0.2, 0) is 5.41 Å². The molecular weight excluding hydrogens is 775 g/mol. The van der Waals surface area contributed by atoms with Crippen LogP contribution in [0.2, 0.25) is 0 Å². The molecule has 0 fully saturated rings. The Morgan fingerprint density at radius 2 is 1.05 bits per heavy atom. The van der Waals surface area contributed by atoms with E-state index in [1.165, 1.54) is 67.2 Å². The SMILES string of the molecule is CC1(C)c2ccccc2-c2ccc3c4ccccc4n(-c4ccc(-c5nc(-c6ccccc6)[c]6c(n5)-c5cccc[c]5[Ge]6([c]5ccccc5)[c]5ccccc5)cc4)c3c21. The summed E-state index contributed by atoms with van der Waals surface area (Å²) in [5.74, 6) is 0.739. The van der Waals surface area contributed by atoms with Crippen molar-refractivity contribution in [1.29, 1.82) is 0 Å². The van der Waals surface area contributed by atoms with Crippen molar-refractivity contribution < 1.29 is 0 Å². The van der Waals surface area contributed by atoms with E-state index in [-0.39, 0.29) is 5.41 Å². The summed E-state index contributed by atoms with van der Waals surface area (Å²) in [5.41, 5.74) is 14.3. The molecule has 0 saturated carbocycles. The van der Waals surface area contributed by atoms with Gasteiger partial charge in [0.1, 0.15) is 0 Å². The molecule has 3 heterocycles. The van der Waals surface area contributed by atoms with E-state index in [4.69, 9.17) is 9.97 Å². The number of benzene rings is 8. The second-order valence-electron chi connectivity index (χ2n) is 16.5. The molecule has 0 amide bonds. The maximum atomic E-state index is 5.62. The Morgan fingerprint density at radius 1 is 0.458 bits per heavy atom. The average Bonchev–Trinajstić information content (AvgIpc) is 3.88. The first-order valence-electron chi connectivity index (χ1n) is 20.5. The molecule has 0 saturated heterocycles. The Hall–Kier alpha value is -6.82. The first-order valence-corrected chi connectivity index (χ1v) is 24.7. The van der Waals surface area contributed by atoms with Crippen LogP contribution in [0.15, 0.2) is 200 Å². The number of aromatic nitrogens is 3. The number of nitrogens with zero attached hydrogens (tertiary/aromatic N) is 3. The van der Waals surface area contributed by atoms with Gasteiger partial charge in [-0.3, -0.25) is 0 Å². The van der Waals surface area contributed by atoms with Crippen molar-refractivity contribution in [2.45, 2.75) is 19.3 Å². The van der Waals surface area contributed by atoms with E-state index in [9.17, 15) is 0 Å². The monoisotopic (exact) mass is 815 g/mol. The predicted molar refractivity (Wildman–Crippen MR) is 247 cm³/mol. The van der Waals surface area contributed by atoms with Crippen molar-refractivity contribution in [2.24, 2.45) is 0 Å². The Bertz CT molecular complexity index is 3240. The molecular formula is C55H39GeN3. The van der Waals surface area contributed by atoms with Crippen LogP contribution in [0.4, 0.5) is 0 Å². The molecule has 0 atom stereocenters. The van der Waals surface area contributed by atoms with E-state index < -0.39 is 13.3 Å². The van der Waals surface area contributed by atoms with E-state index in [1.54, 1.807) is 0 Å². The Morgan fingerprint density at radius 3 is 1.78 bits per heavy atom. The fourth-order valence-corrected chi connectivity index (χ4v) is 21.6. The fraction of sp³-hybridized carbons (Fsp3) is 0.0545. The third kappa shape index (κ3) is 4.77. The Kier molecular flexibility index (Phi) is 7.45. The Balaban J connectivity index is 1.09. The topological polar surface area (TPSA) is 30.7 Å². The van der Waals surface area contributed by atoms with Gasteiger partial charge in [-0.15, -0.1) is 0 Å². The van der Waals surface area contributed by atoms with E-state index >= 15 is 0 Å². The van der Waals surface area contributed by atoms with Gasteiger partial charge in [0.2, 0.25) is 0 Å². The van der Waals surface area contributed by atoms with Gasteiger partial charge < -0.3 is 0 Å². The summed E-state index contributed by atoms with van der Waals surface area (Å²) in [6.07, 6.45) is 0. The summed E-state index contributed by atoms with van der Waals surface area (Å²) in [6, 6.07) is 73.5. The third-order valence-electron chi connectivity index (χ3n) is 13.1. The van der Waals surface area contributed by atoms with Gasteiger partial charge >= 0.3 is 287 Å². The van der Waals surface area contributed by atoms with Crippen molar-refractivity contribution >= 4 is 52.7 Å². The molecule has 278 valence electrons. The molecule has 1 aliphatic heterocycles. The average molecular weight is 815 g/mol. The number of para-hydroxylation sites is 1. The van der Waals surface area contributed by atoms with Crippen molar-refractivity contribution in [1.82, 2.24) is 14.5 Å². The summed E-state index contributed by atoms with van der Waals surface area (Å²) in [7, 11) is 0. The minimum atomic E-state index is -3.63. The second kappa shape index (κ2) is 12.8. The molecule has 0 bridgehead atoms. The van der Waals surface area contributed by atoms with Gasteiger partial charge in [-0.1, -0.05) is 50.2 Å². The van der Waals surface area contributed by atoms with Crippen LogP contribution in [0, 0.1) is 0 Å². The zero-order valence-corrected chi connectivity index (χ0v) is 35.0. The van der Waals surface area contributed by atoms with Crippen molar-refractivity contribution in [2.75, 3.05) is 0 Å². The molecule has 2 aliphatic rings. The van der Waals surface area contributed by atoms with Gasteiger partial charge in [-0.2, -0.15) is 0 Å². The van der Waals surface area contributed by atoms with Gasteiger partial charge in [0.05, 0.1) is 0 Å². The number of rotatable bonds is 5. The first-order chi connectivity index (χ1) is 29.0. The predicted octanol–water partition coefficient (Wildman–Crippen LogP) is 10.6. The van der Waals surface area contributed by atoms with Gasteiger partial charge in [0, 0.05) is 0 Å². The summed E-state index contributed by atoms with van der Waals surface area (Å²) < 4.78 is 7.96.